The van der Waals surface area contributed by atoms with Crippen molar-refractivity contribution < 1.29 is 4.74 Å². The highest BCUT2D eigenvalue weighted by Crippen LogP contribution is 2.25. The molecule has 0 saturated heterocycles. The third-order valence-electron chi connectivity index (χ3n) is 4.84. The minimum absolute atomic E-state index is 0.634. The molecule has 0 amide bonds. The van der Waals surface area contributed by atoms with Gasteiger partial charge in [0.15, 0.2) is 0 Å². The normalized spacial score (nSPS) is 12.9. The molecule has 3 rings (SSSR count). The summed E-state index contributed by atoms with van der Waals surface area (Å²) in [7, 11) is 0. The van der Waals surface area contributed by atoms with E-state index in [-0.39, 0.29) is 0 Å². The second-order valence-electron chi connectivity index (χ2n) is 6.83. The Morgan fingerprint density at radius 1 is 1.16 bits per heavy atom. The van der Waals surface area contributed by atoms with Crippen LogP contribution in [0.2, 0.25) is 0 Å². The summed E-state index contributed by atoms with van der Waals surface area (Å²) in [5.41, 5.74) is 5.12. The lowest BCUT2D eigenvalue weighted by molar-refractivity contribution is 0.330. The molecule has 1 N–H and O–H groups in total. The Bertz CT molecular complexity index is 700. The van der Waals surface area contributed by atoms with E-state index in [0.717, 1.165) is 37.4 Å². The van der Waals surface area contributed by atoms with Crippen molar-refractivity contribution in [3.63, 3.8) is 0 Å². The molecule has 0 aliphatic heterocycles. The Morgan fingerprint density at radius 2 is 2.08 bits per heavy atom. The van der Waals surface area contributed by atoms with E-state index in [9.17, 15) is 0 Å². The first kappa shape index (κ1) is 17.7. The van der Waals surface area contributed by atoms with Crippen molar-refractivity contribution in [2.75, 3.05) is 18.5 Å². The van der Waals surface area contributed by atoms with Crippen molar-refractivity contribution in [1.82, 2.24) is 9.97 Å². The van der Waals surface area contributed by atoms with Gasteiger partial charge in [-0.1, -0.05) is 31.9 Å². The minimum Gasteiger partial charge on any atom is -0.491 e. The van der Waals surface area contributed by atoms with Crippen LogP contribution in [-0.2, 0) is 19.3 Å². The van der Waals surface area contributed by atoms with E-state index >= 15 is 0 Å². The number of hydrogen-bond donors (Lipinski definition) is 1. The lowest BCUT2D eigenvalue weighted by Crippen LogP contribution is -2.14. The van der Waals surface area contributed by atoms with Crippen LogP contribution in [0.4, 0.5) is 5.82 Å². The van der Waals surface area contributed by atoms with Gasteiger partial charge in [0.1, 0.15) is 24.5 Å². The fourth-order valence-electron chi connectivity index (χ4n) is 3.45. The van der Waals surface area contributed by atoms with Gasteiger partial charge in [0.25, 0.3) is 0 Å². The molecule has 25 heavy (non-hydrogen) atoms. The van der Waals surface area contributed by atoms with Crippen molar-refractivity contribution in [3.8, 4) is 5.75 Å². The van der Waals surface area contributed by atoms with E-state index in [1.54, 1.807) is 6.33 Å². The molecule has 4 nitrogen and oxygen atoms in total. The zero-order chi connectivity index (χ0) is 17.5. The smallest absolute Gasteiger partial charge is 0.132 e. The predicted octanol–water partition coefficient (Wildman–Crippen LogP) is 4.50. The van der Waals surface area contributed by atoms with Crippen molar-refractivity contribution in [2.24, 2.45) is 0 Å². The maximum Gasteiger partial charge on any atom is 0.132 e. The summed E-state index contributed by atoms with van der Waals surface area (Å²) in [6.07, 6.45) is 10.00. The van der Waals surface area contributed by atoms with Crippen LogP contribution < -0.4 is 10.1 Å². The maximum atomic E-state index is 5.95. The number of nitrogens with one attached hydrogen (secondary N) is 1. The summed E-state index contributed by atoms with van der Waals surface area (Å²) < 4.78 is 5.95. The van der Waals surface area contributed by atoms with Gasteiger partial charge in [-0.15, -0.1) is 0 Å². The molecular formula is C21H29N3O. The summed E-state index contributed by atoms with van der Waals surface area (Å²) in [6.45, 7) is 5.76. The van der Waals surface area contributed by atoms with E-state index in [4.69, 9.17) is 4.74 Å². The van der Waals surface area contributed by atoms with E-state index in [2.05, 4.69) is 47.3 Å². The van der Waals surface area contributed by atoms with Gasteiger partial charge in [-0.05, 0) is 56.2 Å². The summed E-state index contributed by atoms with van der Waals surface area (Å²) in [4.78, 5) is 8.74. The zero-order valence-corrected chi connectivity index (χ0v) is 15.5. The Hall–Kier alpha value is -2.10. The van der Waals surface area contributed by atoms with Gasteiger partial charge in [-0.2, -0.15) is 0 Å². The third-order valence-corrected chi connectivity index (χ3v) is 4.84. The molecule has 4 heteroatoms. The zero-order valence-electron chi connectivity index (χ0n) is 15.5. The number of fused-ring (bicyclic) bond motifs is 1. The fourth-order valence-corrected chi connectivity index (χ4v) is 3.45. The number of benzene rings is 1. The van der Waals surface area contributed by atoms with Gasteiger partial charge < -0.3 is 10.1 Å². The number of ether oxygens (including phenoxy) is 1. The quantitative estimate of drug-likeness (QED) is 0.684. The van der Waals surface area contributed by atoms with Crippen molar-refractivity contribution in [3.05, 3.63) is 46.9 Å². The van der Waals surface area contributed by atoms with Crippen LogP contribution in [0.5, 0.6) is 5.75 Å². The van der Waals surface area contributed by atoms with E-state index in [1.807, 2.05) is 0 Å². The topological polar surface area (TPSA) is 47.0 Å². The van der Waals surface area contributed by atoms with Crippen LogP contribution in [0.25, 0.3) is 0 Å². The standard InChI is InChI=1S/C21H29N3O/c1-3-4-5-7-17-10-11-20(16(2)14-17)25-13-12-22-21-18-8-6-9-19(18)23-15-24-21/h10-11,14-15H,3-9,12-13H2,1-2H3,(H,22,23,24). The Kier molecular flexibility index (Phi) is 6.26. The van der Waals surface area contributed by atoms with Crippen molar-refractivity contribution in [2.45, 2.75) is 58.8 Å². The van der Waals surface area contributed by atoms with Crippen LogP contribution in [-0.4, -0.2) is 23.1 Å². The highest BCUT2D eigenvalue weighted by Gasteiger charge is 2.16. The van der Waals surface area contributed by atoms with Crippen molar-refractivity contribution >= 4 is 5.82 Å². The number of nitrogens with zero attached hydrogens (tertiary/aromatic N) is 2. The van der Waals surface area contributed by atoms with E-state index in [0.29, 0.717) is 6.61 Å². The van der Waals surface area contributed by atoms with Crippen LogP contribution >= 0.6 is 0 Å². The van der Waals surface area contributed by atoms with Crippen LogP contribution in [0, 0.1) is 6.92 Å². The van der Waals surface area contributed by atoms with Gasteiger partial charge in [0, 0.05) is 11.3 Å². The molecule has 0 spiro atoms. The fraction of sp³-hybridized carbons (Fsp3) is 0.524. The molecule has 2 aromatic rings. The summed E-state index contributed by atoms with van der Waals surface area (Å²) in [5, 5.41) is 3.40. The minimum atomic E-state index is 0.634. The largest absolute Gasteiger partial charge is 0.491 e. The van der Waals surface area contributed by atoms with Gasteiger partial charge in [0.05, 0.1) is 6.54 Å². The Morgan fingerprint density at radius 3 is 2.92 bits per heavy atom. The summed E-state index contributed by atoms with van der Waals surface area (Å²) >= 11 is 0. The summed E-state index contributed by atoms with van der Waals surface area (Å²) in [5.74, 6) is 1.96. The van der Waals surface area contributed by atoms with Crippen LogP contribution in [0.15, 0.2) is 24.5 Å². The van der Waals surface area contributed by atoms with Gasteiger partial charge in [-0.3, -0.25) is 0 Å². The third kappa shape index (κ3) is 4.71. The highest BCUT2D eigenvalue weighted by atomic mass is 16.5. The molecule has 0 atom stereocenters. The maximum absolute atomic E-state index is 5.95. The first-order valence-corrected chi connectivity index (χ1v) is 9.57. The molecule has 1 aliphatic rings. The van der Waals surface area contributed by atoms with Crippen molar-refractivity contribution in [1.29, 1.82) is 0 Å². The molecule has 1 aromatic heterocycles. The molecule has 134 valence electrons. The molecular weight excluding hydrogens is 310 g/mol. The molecule has 1 heterocycles. The average Bonchev–Trinajstić information content (AvgIpc) is 3.10. The first-order chi connectivity index (χ1) is 12.3. The molecule has 0 bridgehead atoms. The SMILES string of the molecule is CCCCCc1ccc(OCCNc2ncnc3c2CCC3)c(C)c1. The lowest BCUT2D eigenvalue weighted by Gasteiger charge is -2.13. The number of aromatic nitrogens is 2. The number of hydrogen-bond acceptors (Lipinski definition) is 4. The number of unbranched alkanes of at least 4 members (excludes halogenated alkanes) is 2. The Labute approximate surface area is 151 Å². The van der Waals surface area contributed by atoms with Gasteiger partial charge >= 0.3 is 0 Å². The second kappa shape index (κ2) is 8.84. The first-order valence-electron chi connectivity index (χ1n) is 9.57. The number of aryl methyl sites for hydroxylation is 3. The average molecular weight is 339 g/mol. The predicted molar refractivity (Wildman–Crippen MR) is 102 cm³/mol. The molecule has 0 saturated carbocycles. The van der Waals surface area contributed by atoms with Crippen LogP contribution in [0.1, 0.15) is 55.0 Å². The highest BCUT2D eigenvalue weighted by molar-refractivity contribution is 5.47. The van der Waals surface area contributed by atoms with Gasteiger partial charge in [0.2, 0.25) is 0 Å². The van der Waals surface area contributed by atoms with E-state index < -0.39 is 0 Å². The van der Waals surface area contributed by atoms with E-state index in [1.165, 1.54) is 48.1 Å². The monoisotopic (exact) mass is 339 g/mol. The van der Waals surface area contributed by atoms with Gasteiger partial charge in [-0.25, -0.2) is 9.97 Å². The molecule has 1 aliphatic carbocycles. The second-order valence-corrected chi connectivity index (χ2v) is 6.83. The molecule has 0 radical (unpaired) electrons. The number of anilines is 1. The lowest BCUT2D eigenvalue weighted by atomic mass is 10.0. The van der Waals surface area contributed by atoms with Crippen LogP contribution in [0.3, 0.4) is 0 Å². The summed E-state index contributed by atoms with van der Waals surface area (Å²) in [6, 6.07) is 6.57. The Balaban J connectivity index is 1.47. The number of rotatable bonds is 9. The molecule has 1 aromatic carbocycles. The molecule has 0 unspecified atom stereocenters. The molecule has 0 fully saturated rings.